The molecule has 0 aliphatic rings. The Hall–Kier alpha value is -1.89. The number of carbonyl (C=O) groups excluding carboxylic acids is 1. The molecule has 0 fully saturated rings. The van der Waals surface area contributed by atoms with Crippen LogP contribution in [0.5, 0.6) is 0 Å². The summed E-state index contributed by atoms with van der Waals surface area (Å²) in [5, 5.41) is 17.1. The van der Waals surface area contributed by atoms with Crippen LogP contribution in [-0.4, -0.2) is 33.2 Å². The predicted molar refractivity (Wildman–Crippen MR) is 52.2 cm³/mol. The molecule has 0 saturated carbocycles. The van der Waals surface area contributed by atoms with E-state index in [1.165, 1.54) is 0 Å². The van der Waals surface area contributed by atoms with E-state index in [0.29, 0.717) is 5.82 Å². The number of carbonyl (C=O) groups is 2. The van der Waals surface area contributed by atoms with Gasteiger partial charge in [0.2, 0.25) is 5.91 Å². The van der Waals surface area contributed by atoms with Gasteiger partial charge in [0, 0.05) is 5.56 Å². The third-order valence-electron chi connectivity index (χ3n) is 1.81. The first-order chi connectivity index (χ1) is 7.00. The van der Waals surface area contributed by atoms with Crippen molar-refractivity contribution in [3.8, 4) is 0 Å². The van der Waals surface area contributed by atoms with Crippen molar-refractivity contribution in [2.45, 2.75) is 19.4 Å². The Balaban J connectivity index is 2.56. The molecule has 1 atom stereocenters. The summed E-state index contributed by atoms with van der Waals surface area (Å²) in [6.45, 7) is 1.75. The summed E-state index contributed by atoms with van der Waals surface area (Å²) in [4.78, 5) is 21.7. The van der Waals surface area contributed by atoms with E-state index >= 15 is 0 Å². The molecule has 7 nitrogen and oxygen atoms in total. The van der Waals surface area contributed by atoms with Crippen molar-refractivity contribution < 1.29 is 14.7 Å². The molecule has 7 heteroatoms. The molecule has 1 amide bonds. The molecule has 82 valence electrons. The Morgan fingerprint density at radius 2 is 2.40 bits per heavy atom. The first-order valence-electron chi connectivity index (χ1n) is 4.29. The van der Waals surface area contributed by atoms with E-state index in [-0.39, 0.29) is 0 Å². The zero-order valence-corrected chi connectivity index (χ0v) is 8.15. The maximum Gasteiger partial charge on any atom is 0.305 e. The maximum absolute atomic E-state index is 11.4. The summed E-state index contributed by atoms with van der Waals surface area (Å²) in [7, 11) is 0. The highest BCUT2D eigenvalue weighted by Crippen LogP contribution is 2.08. The summed E-state index contributed by atoms with van der Waals surface area (Å²) >= 11 is 0. The zero-order valence-electron chi connectivity index (χ0n) is 8.15. The second kappa shape index (κ2) is 4.56. The van der Waals surface area contributed by atoms with Crippen molar-refractivity contribution in [1.82, 2.24) is 10.2 Å². The van der Waals surface area contributed by atoms with E-state index in [4.69, 9.17) is 10.8 Å². The van der Waals surface area contributed by atoms with Crippen LogP contribution in [0.4, 0.5) is 5.82 Å². The fraction of sp³-hybridized carbons (Fsp3) is 0.375. The van der Waals surface area contributed by atoms with E-state index in [1.54, 1.807) is 13.1 Å². The average molecular weight is 212 g/mol. The average Bonchev–Trinajstić information content (AvgIpc) is 2.50. The van der Waals surface area contributed by atoms with Crippen LogP contribution in [0.3, 0.4) is 0 Å². The Morgan fingerprint density at radius 3 is 2.87 bits per heavy atom. The molecule has 0 spiro atoms. The van der Waals surface area contributed by atoms with E-state index in [1.807, 2.05) is 0 Å². The zero-order chi connectivity index (χ0) is 11.4. The molecule has 15 heavy (non-hydrogen) atoms. The van der Waals surface area contributed by atoms with Crippen molar-refractivity contribution >= 4 is 17.7 Å². The van der Waals surface area contributed by atoms with Crippen molar-refractivity contribution in [3.63, 3.8) is 0 Å². The smallest absolute Gasteiger partial charge is 0.305 e. The minimum absolute atomic E-state index is 0.404. The first-order valence-corrected chi connectivity index (χ1v) is 4.29. The van der Waals surface area contributed by atoms with Gasteiger partial charge in [0.1, 0.15) is 5.82 Å². The molecule has 1 aromatic heterocycles. The Bertz CT molecular complexity index is 374. The summed E-state index contributed by atoms with van der Waals surface area (Å²) in [5.41, 5.74) is 6.11. The second-order valence-electron chi connectivity index (χ2n) is 3.12. The van der Waals surface area contributed by atoms with Gasteiger partial charge in [0.15, 0.2) is 0 Å². The first kappa shape index (κ1) is 11.2. The molecule has 0 aliphatic carbocycles. The molecule has 0 radical (unpaired) electrons. The monoisotopic (exact) mass is 212 g/mol. The van der Waals surface area contributed by atoms with E-state index in [2.05, 4.69) is 15.5 Å². The molecule has 1 heterocycles. The van der Waals surface area contributed by atoms with Gasteiger partial charge in [-0.1, -0.05) is 0 Å². The van der Waals surface area contributed by atoms with E-state index in [9.17, 15) is 9.59 Å². The Kier molecular flexibility index (Phi) is 3.40. The fourth-order valence-electron chi connectivity index (χ4n) is 0.970. The highest BCUT2D eigenvalue weighted by atomic mass is 16.4. The number of aromatic amines is 1. The van der Waals surface area contributed by atoms with Crippen molar-refractivity contribution in [2.24, 2.45) is 5.73 Å². The summed E-state index contributed by atoms with van der Waals surface area (Å²) in [5.74, 6) is -1.23. The van der Waals surface area contributed by atoms with Gasteiger partial charge in [-0.15, -0.1) is 0 Å². The number of hydrogen-bond donors (Lipinski definition) is 4. The van der Waals surface area contributed by atoms with Crippen molar-refractivity contribution in [1.29, 1.82) is 0 Å². The lowest BCUT2D eigenvalue weighted by Gasteiger charge is -2.08. The molecule has 5 N–H and O–H groups in total. The highest BCUT2D eigenvalue weighted by Gasteiger charge is 2.17. The number of carboxylic acid groups (broad SMARTS) is 1. The number of nitrogens with zero attached hydrogens (tertiary/aromatic N) is 1. The fourth-order valence-corrected chi connectivity index (χ4v) is 0.970. The number of aromatic nitrogens is 2. The topological polar surface area (TPSA) is 121 Å². The molecule has 0 bridgehead atoms. The third kappa shape index (κ3) is 3.06. The molecule has 0 aromatic carbocycles. The normalized spacial score (nSPS) is 12.1. The van der Waals surface area contributed by atoms with Crippen molar-refractivity contribution in [3.05, 3.63) is 11.8 Å². The molecule has 1 unspecified atom stereocenters. The molecule has 0 saturated heterocycles. The lowest BCUT2D eigenvalue weighted by Crippen LogP contribution is -2.37. The van der Waals surface area contributed by atoms with Crippen LogP contribution in [0, 0.1) is 6.92 Å². The van der Waals surface area contributed by atoms with Gasteiger partial charge in [-0.3, -0.25) is 14.7 Å². The minimum atomic E-state index is -1.11. The van der Waals surface area contributed by atoms with E-state index < -0.39 is 24.3 Å². The second-order valence-corrected chi connectivity index (χ2v) is 3.12. The molecule has 1 aromatic rings. The standard InChI is InChI=1S/C8H12N4O3/c1-4-3-10-12-7(4)11-8(15)5(9)2-6(13)14/h3,5H,2,9H2,1H3,(H,13,14)(H2,10,11,12,15). The number of carboxylic acids is 1. The highest BCUT2D eigenvalue weighted by molar-refractivity contribution is 5.96. The number of nitrogens with one attached hydrogen (secondary N) is 2. The van der Waals surface area contributed by atoms with Crippen LogP contribution < -0.4 is 11.1 Å². The van der Waals surface area contributed by atoms with E-state index in [0.717, 1.165) is 5.56 Å². The van der Waals surface area contributed by atoms with Gasteiger partial charge in [0.05, 0.1) is 18.7 Å². The number of aliphatic carboxylic acids is 1. The van der Waals surface area contributed by atoms with Crippen LogP contribution in [0.1, 0.15) is 12.0 Å². The van der Waals surface area contributed by atoms with Gasteiger partial charge in [-0.2, -0.15) is 5.10 Å². The van der Waals surface area contributed by atoms with Crippen LogP contribution in [0.15, 0.2) is 6.20 Å². The quantitative estimate of drug-likeness (QED) is 0.534. The third-order valence-corrected chi connectivity index (χ3v) is 1.81. The summed E-state index contributed by atoms with van der Waals surface area (Å²) < 4.78 is 0. The number of H-pyrrole nitrogens is 1. The van der Waals surface area contributed by atoms with Crippen LogP contribution in [0.2, 0.25) is 0 Å². The number of aryl methyl sites for hydroxylation is 1. The van der Waals surface area contributed by atoms with Gasteiger partial charge in [-0.25, -0.2) is 0 Å². The van der Waals surface area contributed by atoms with Crippen molar-refractivity contribution in [2.75, 3.05) is 5.32 Å². The number of nitrogens with two attached hydrogens (primary N) is 1. The SMILES string of the molecule is Cc1cn[nH]c1NC(=O)C(N)CC(=O)O. The van der Waals surface area contributed by atoms with Gasteiger partial charge in [-0.05, 0) is 6.92 Å². The largest absolute Gasteiger partial charge is 0.481 e. The van der Waals surface area contributed by atoms with Gasteiger partial charge < -0.3 is 16.2 Å². The molecular formula is C8H12N4O3. The minimum Gasteiger partial charge on any atom is -0.481 e. The van der Waals surface area contributed by atoms with Crippen LogP contribution >= 0.6 is 0 Å². The molecule has 1 rings (SSSR count). The maximum atomic E-state index is 11.4. The summed E-state index contributed by atoms with van der Waals surface area (Å²) in [6, 6.07) is -1.06. The van der Waals surface area contributed by atoms with Crippen LogP contribution in [0.25, 0.3) is 0 Å². The Morgan fingerprint density at radius 1 is 1.73 bits per heavy atom. The van der Waals surface area contributed by atoms with Gasteiger partial charge in [0.25, 0.3) is 0 Å². The van der Waals surface area contributed by atoms with Gasteiger partial charge >= 0.3 is 5.97 Å². The Labute approximate surface area is 85.7 Å². The molecular weight excluding hydrogens is 200 g/mol. The number of hydrogen-bond acceptors (Lipinski definition) is 4. The lowest BCUT2D eigenvalue weighted by molar-refractivity contribution is -0.138. The summed E-state index contributed by atoms with van der Waals surface area (Å²) in [6.07, 6.45) is 1.14. The number of rotatable bonds is 4. The number of amides is 1. The predicted octanol–water partition coefficient (Wildman–Crippen LogP) is -0.541. The van der Waals surface area contributed by atoms with Crippen LogP contribution in [-0.2, 0) is 9.59 Å². The lowest BCUT2D eigenvalue weighted by atomic mass is 10.2. The number of anilines is 1. The molecule has 0 aliphatic heterocycles.